The molecule has 0 aliphatic heterocycles. The summed E-state index contributed by atoms with van der Waals surface area (Å²) >= 11 is 0. The van der Waals surface area contributed by atoms with E-state index in [9.17, 15) is 0 Å². The zero-order valence-electron chi connectivity index (χ0n) is 9.63. The molecular weight excluding hydrogens is 180 g/mol. The Kier molecular flexibility index (Phi) is 2.31. The summed E-state index contributed by atoms with van der Waals surface area (Å²) in [5.41, 5.74) is 4.73. The first kappa shape index (κ1) is 9.45. The maximum Gasteiger partial charge on any atom is -0.0245 e. The topological polar surface area (TPSA) is 0 Å². The van der Waals surface area contributed by atoms with Crippen LogP contribution in [0.2, 0.25) is 0 Å². The maximum atomic E-state index is 2.43. The third-order valence-electron chi connectivity index (χ3n) is 4.44. The molecule has 2 atom stereocenters. The summed E-state index contributed by atoms with van der Waals surface area (Å²) in [6.07, 6.45) is 8.60. The van der Waals surface area contributed by atoms with Crippen molar-refractivity contribution in [2.45, 2.75) is 45.4 Å². The molecule has 0 saturated heterocycles. The van der Waals surface area contributed by atoms with Gasteiger partial charge in [0.25, 0.3) is 0 Å². The van der Waals surface area contributed by atoms with Crippen molar-refractivity contribution in [3.63, 3.8) is 0 Å². The maximum absolute atomic E-state index is 2.43. The molecule has 1 fully saturated rings. The van der Waals surface area contributed by atoms with E-state index in [1.807, 2.05) is 0 Å². The lowest BCUT2D eigenvalue weighted by Gasteiger charge is -2.15. The minimum absolute atomic E-state index is 1.01. The van der Waals surface area contributed by atoms with E-state index < -0.39 is 0 Å². The first-order valence-corrected chi connectivity index (χ1v) is 6.41. The molecule has 0 nitrogen and oxygen atoms in total. The summed E-state index contributed by atoms with van der Waals surface area (Å²) in [5.74, 6) is 2.05. The SMILES string of the molecule is Cc1ccc2c(c1)CC1CCCC1CC2. The van der Waals surface area contributed by atoms with Crippen LogP contribution in [0.3, 0.4) is 0 Å². The van der Waals surface area contributed by atoms with E-state index in [0.717, 1.165) is 11.8 Å². The monoisotopic (exact) mass is 200 g/mol. The molecule has 1 aromatic rings. The van der Waals surface area contributed by atoms with Crippen molar-refractivity contribution in [2.75, 3.05) is 0 Å². The van der Waals surface area contributed by atoms with Crippen molar-refractivity contribution in [2.24, 2.45) is 11.8 Å². The Bertz CT molecular complexity index is 364. The predicted molar refractivity (Wildman–Crippen MR) is 64.0 cm³/mol. The normalized spacial score (nSPS) is 29.4. The molecule has 0 bridgehead atoms. The molecule has 3 rings (SSSR count). The van der Waals surface area contributed by atoms with Crippen molar-refractivity contribution >= 4 is 0 Å². The number of aryl methyl sites for hydroxylation is 2. The van der Waals surface area contributed by atoms with Gasteiger partial charge in [0, 0.05) is 0 Å². The summed E-state index contributed by atoms with van der Waals surface area (Å²) in [7, 11) is 0. The highest BCUT2D eigenvalue weighted by Crippen LogP contribution is 2.40. The average molecular weight is 200 g/mol. The molecule has 15 heavy (non-hydrogen) atoms. The smallest absolute Gasteiger partial charge is 0.0245 e. The first-order chi connectivity index (χ1) is 7.33. The highest BCUT2D eigenvalue weighted by Gasteiger charge is 2.29. The van der Waals surface area contributed by atoms with Crippen molar-refractivity contribution in [1.29, 1.82) is 0 Å². The van der Waals surface area contributed by atoms with Crippen LogP contribution in [0.15, 0.2) is 18.2 Å². The van der Waals surface area contributed by atoms with Crippen LogP contribution in [0, 0.1) is 18.8 Å². The second-order valence-electron chi connectivity index (χ2n) is 5.47. The zero-order valence-corrected chi connectivity index (χ0v) is 9.63. The lowest BCUT2D eigenvalue weighted by molar-refractivity contribution is 0.375. The Morgan fingerprint density at radius 1 is 1.00 bits per heavy atom. The number of benzene rings is 1. The van der Waals surface area contributed by atoms with Crippen LogP contribution in [0.1, 0.15) is 42.4 Å². The third-order valence-corrected chi connectivity index (χ3v) is 4.44. The molecule has 0 N–H and O–H groups in total. The van der Waals surface area contributed by atoms with Gasteiger partial charge in [-0.25, -0.2) is 0 Å². The molecule has 0 radical (unpaired) electrons. The molecule has 1 aromatic carbocycles. The molecule has 0 spiro atoms. The van der Waals surface area contributed by atoms with Gasteiger partial charge in [0.1, 0.15) is 0 Å². The molecule has 0 heteroatoms. The van der Waals surface area contributed by atoms with Gasteiger partial charge in [-0.3, -0.25) is 0 Å². The Morgan fingerprint density at radius 3 is 2.80 bits per heavy atom. The van der Waals surface area contributed by atoms with Crippen molar-refractivity contribution in [3.05, 3.63) is 34.9 Å². The summed E-state index contributed by atoms with van der Waals surface area (Å²) in [6.45, 7) is 2.22. The average Bonchev–Trinajstić information content (AvgIpc) is 2.58. The van der Waals surface area contributed by atoms with Gasteiger partial charge in [0.05, 0.1) is 0 Å². The molecular formula is C15H20. The Hall–Kier alpha value is -0.780. The highest BCUT2D eigenvalue weighted by molar-refractivity contribution is 5.33. The van der Waals surface area contributed by atoms with Crippen molar-refractivity contribution in [3.8, 4) is 0 Å². The molecule has 80 valence electrons. The Labute approximate surface area is 92.7 Å². The van der Waals surface area contributed by atoms with Crippen molar-refractivity contribution < 1.29 is 0 Å². The van der Waals surface area contributed by atoms with E-state index >= 15 is 0 Å². The number of rotatable bonds is 0. The van der Waals surface area contributed by atoms with E-state index in [4.69, 9.17) is 0 Å². The quantitative estimate of drug-likeness (QED) is 0.596. The fraction of sp³-hybridized carbons (Fsp3) is 0.600. The van der Waals surface area contributed by atoms with E-state index in [-0.39, 0.29) is 0 Å². The van der Waals surface area contributed by atoms with Crippen LogP contribution in [-0.4, -0.2) is 0 Å². The molecule has 0 heterocycles. The predicted octanol–water partition coefficient (Wildman–Crippen LogP) is 3.90. The lowest BCUT2D eigenvalue weighted by Crippen LogP contribution is -2.08. The Balaban J connectivity index is 1.94. The highest BCUT2D eigenvalue weighted by atomic mass is 14.3. The lowest BCUT2D eigenvalue weighted by atomic mass is 9.90. The van der Waals surface area contributed by atoms with Crippen LogP contribution >= 0.6 is 0 Å². The van der Waals surface area contributed by atoms with Crippen LogP contribution in [0.4, 0.5) is 0 Å². The number of hydrogen-bond acceptors (Lipinski definition) is 0. The van der Waals surface area contributed by atoms with Gasteiger partial charge in [0.2, 0.25) is 0 Å². The van der Waals surface area contributed by atoms with Gasteiger partial charge >= 0.3 is 0 Å². The summed E-state index contributed by atoms with van der Waals surface area (Å²) in [5, 5.41) is 0. The van der Waals surface area contributed by atoms with E-state index in [2.05, 4.69) is 25.1 Å². The van der Waals surface area contributed by atoms with Crippen molar-refractivity contribution in [1.82, 2.24) is 0 Å². The first-order valence-electron chi connectivity index (χ1n) is 6.41. The van der Waals surface area contributed by atoms with Gasteiger partial charge in [0.15, 0.2) is 0 Å². The second-order valence-corrected chi connectivity index (χ2v) is 5.47. The zero-order chi connectivity index (χ0) is 10.3. The third kappa shape index (κ3) is 1.71. The number of fused-ring (bicyclic) bond motifs is 2. The molecule has 0 aromatic heterocycles. The largest absolute Gasteiger partial charge is 0.0590 e. The van der Waals surface area contributed by atoms with Crippen LogP contribution < -0.4 is 0 Å². The standard InChI is InChI=1S/C15H20/c1-11-5-6-13-8-7-12-3-2-4-14(12)10-15(13)9-11/h5-6,9,12,14H,2-4,7-8,10H2,1H3. The van der Waals surface area contributed by atoms with E-state index in [1.165, 1.54) is 44.1 Å². The summed E-state index contributed by atoms with van der Waals surface area (Å²) in [4.78, 5) is 0. The van der Waals surface area contributed by atoms with Crippen LogP contribution in [-0.2, 0) is 12.8 Å². The van der Waals surface area contributed by atoms with Crippen LogP contribution in [0.5, 0.6) is 0 Å². The molecule has 2 aliphatic rings. The number of hydrogen-bond donors (Lipinski definition) is 0. The second kappa shape index (κ2) is 3.66. The fourth-order valence-corrected chi connectivity index (χ4v) is 3.57. The summed E-state index contributed by atoms with van der Waals surface area (Å²) < 4.78 is 0. The minimum atomic E-state index is 1.01. The molecule has 2 unspecified atom stereocenters. The van der Waals surface area contributed by atoms with Crippen LogP contribution in [0.25, 0.3) is 0 Å². The molecule has 0 amide bonds. The van der Waals surface area contributed by atoms with Gasteiger partial charge in [-0.2, -0.15) is 0 Å². The van der Waals surface area contributed by atoms with E-state index in [0.29, 0.717) is 0 Å². The van der Waals surface area contributed by atoms with Gasteiger partial charge in [-0.05, 0) is 55.6 Å². The van der Waals surface area contributed by atoms with Gasteiger partial charge < -0.3 is 0 Å². The molecule has 1 saturated carbocycles. The fourth-order valence-electron chi connectivity index (χ4n) is 3.57. The van der Waals surface area contributed by atoms with Gasteiger partial charge in [-0.15, -0.1) is 0 Å². The van der Waals surface area contributed by atoms with E-state index in [1.54, 1.807) is 11.1 Å². The minimum Gasteiger partial charge on any atom is -0.0590 e. The molecule has 2 aliphatic carbocycles. The Morgan fingerprint density at radius 2 is 1.87 bits per heavy atom. The van der Waals surface area contributed by atoms with Gasteiger partial charge in [-0.1, -0.05) is 36.6 Å². The summed E-state index contributed by atoms with van der Waals surface area (Å²) in [6, 6.07) is 7.07.